The van der Waals surface area contributed by atoms with Gasteiger partial charge in [0.15, 0.2) is 0 Å². The average molecular weight is 190 g/mol. The summed E-state index contributed by atoms with van der Waals surface area (Å²) in [6, 6.07) is 0. The molecule has 0 heterocycles. The van der Waals surface area contributed by atoms with Crippen LogP contribution in [0.3, 0.4) is 0 Å². The van der Waals surface area contributed by atoms with E-state index in [9.17, 15) is 4.79 Å². The van der Waals surface area contributed by atoms with Crippen LogP contribution in [-0.4, -0.2) is 32.6 Å². The number of unbranched alkanes of at least 4 members (excludes halogenated alkanes) is 1. The number of ether oxygens (including phenoxy) is 3. The van der Waals surface area contributed by atoms with Gasteiger partial charge in [0.1, 0.15) is 6.10 Å². The summed E-state index contributed by atoms with van der Waals surface area (Å²) in [6.07, 6.45) is 1.01. The highest BCUT2D eigenvalue weighted by atomic mass is 16.7. The monoisotopic (exact) mass is 190 g/mol. The Morgan fingerprint density at radius 2 is 2.15 bits per heavy atom. The fourth-order valence-electron chi connectivity index (χ4n) is 0.767. The SMILES string of the molecule is CCCCOC(=O)OC(C)COC. The van der Waals surface area contributed by atoms with E-state index in [1.807, 2.05) is 6.92 Å². The summed E-state index contributed by atoms with van der Waals surface area (Å²) in [6.45, 7) is 4.60. The first-order valence-electron chi connectivity index (χ1n) is 4.53. The summed E-state index contributed by atoms with van der Waals surface area (Å²) >= 11 is 0. The van der Waals surface area contributed by atoms with Crippen molar-refractivity contribution >= 4 is 6.16 Å². The lowest BCUT2D eigenvalue weighted by molar-refractivity contribution is 0.000801. The second kappa shape index (κ2) is 7.86. The van der Waals surface area contributed by atoms with Crippen LogP contribution in [0, 0.1) is 0 Å². The molecule has 0 fully saturated rings. The van der Waals surface area contributed by atoms with Gasteiger partial charge in [0.05, 0.1) is 13.2 Å². The summed E-state index contributed by atoms with van der Waals surface area (Å²) in [5.41, 5.74) is 0. The maximum Gasteiger partial charge on any atom is 0.508 e. The second-order valence-corrected chi connectivity index (χ2v) is 2.84. The van der Waals surface area contributed by atoms with Crippen molar-refractivity contribution < 1.29 is 19.0 Å². The minimum atomic E-state index is -0.613. The standard InChI is InChI=1S/C9H18O4/c1-4-5-6-12-9(10)13-8(2)7-11-3/h8H,4-7H2,1-3H3. The molecule has 4 heteroatoms. The van der Waals surface area contributed by atoms with Crippen LogP contribution in [0.1, 0.15) is 26.7 Å². The van der Waals surface area contributed by atoms with E-state index in [0.717, 1.165) is 12.8 Å². The number of carbonyl (C=O) groups excluding carboxylic acids is 1. The molecule has 0 aromatic heterocycles. The van der Waals surface area contributed by atoms with E-state index < -0.39 is 6.16 Å². The fourth-order valence-corrected chi connectivity index (χ4v) is 0.767. The van der Waals surface area contributed by atoms with Gasteiger partial charge in [-0.25, -0.2) is 4.79 Å². The van der Waals surface area contributed by atoms with Crippen molar-refractivity contribution in [3.63, 3.8) is 0 Å². The molecule has 0 saturated heterocycles. The van der Waals surface area contributed by atoms with Crippen molar-refractivity contribution in [2.45, 2.75) is 32.8 Å². The molecule has 0 aromatic rings. The Kier molecular flexibility index (Phi) is 7.39. The van der Waals surface area contributed by atoms with Crippen molar-refractivity contribution in [2.24, 2.45) is 0 Å². The van der Waals surface area contributed by atoms with Gasteiger partial charge in [0, 0.05) is 7.11 Å². The Morgan fingerprint density at radius 3 is 2.69 bits per heavy atom. The van der Waals surface area contributed by atoms with Gasteiger partial charge < -0.3 is 14.2 Å². The Hall–Kier alpha value is -0.770. The van der Waals surface area contributed by atoms with Crippen LogP contribution in [-0.2, 0) is 14.2 Å². The molecular formula is C9H18O4. The largest absolute Gasteiger partial charge is 0.508 e. The molecule has 0 bridgehead atoms. The Morgan fingerprint density at radius 1 is 1.46 bits per heavy atom. The van der Waals surface area contributed by atoms with Crippen LogP contribution >= 0.6 is 0 Å². The Labute approximate surface area is 79.2 Å². The van der Waals surface area contributed by atoms with E-state index in [1.165, 1.54) is 0 Å². The van der Waals surface area contributed by atoms with Crippen LogP contribution in [0.5, 0.6) is 0 Å². The highest BCUT2D eigenvalue weighted by molar-refractivity contribution is 5.60. The Bertz CT molecular complexity index is 136. The van der Waals surface area contributed by atoms with Crippen LogP contribution in [0.25, 0.3) is 0 Å². The summed E-state index contributed by atoms with van der Waals surface area (Å²) < 4.78 is 14.4. The van der Waals surface area contributed by atoms with Crippen molar-refractivity contribution in [1.29, 1.82) is 0 Å². The van der Waals surface area contributed by atoms with Crippen LogP contribution < -0.4 is 0 Å². The highest BCUT2D eigenvalue weighted by Gasteiger charge is 2.09. The minimum absolute atomic E-state index is 0.251. The summed E-state index contributed by atoms with van der Waals surface area (Å²) in [7, 11) is 1.56. The predicted molar refractivity (Wildman–Crippen MR) is 48.7 cm³/mol. The third kappa shape index (κ3) is 7.59. The van der Waals surface area contributed by atoms with Gasteiger partial charge in [-0.2, -0.15) is 0 Å². The zero-order valence-electron chi connectivity index (χ0n) is 8.54. The van der Waals surface area contributed by atoms with Gasteiger partial charge in [-0.05, 0) is 13.3 Å². The summed E-state index contributed by atoms with van der Waals surface area (Å²) in [4.78, 5) is 10.9. The molecule has 0 rings (SSSR count). The molecule has 0 N–H and O–H groups in total. The molecule has 1 unspecified atom stereocenters. The maximum absolute atomic E-state index is 10.9. The molecule has 13 heavy (non-hydrogen) atoms. The average Bonchev–Trinajstić information content (AvgIpc) is 2.05. The molecule has 0 aliphatic carbocycles. The lowest BCUT2D eigenvalue weighted by atomic mass is 10.4. The molecule has 0 amide bonds. The van der Waals surface area contributed by atoms with E-state index in [1.54, 1.807) is 14.0 Å². The molecule has 0 aliphatic heterocycles. The van der Waals surface area contributed by atoms with E-state index >= 15 is 0 Å². The summed E-state index contributed by atoms with van der Waals surface area (Å²) in [5.74, 6) is 0. The van der Waals surface area contributed by atoms with Gasteiger partial charge in [0.25, 0.3) is 0 Å². The molecule has 0 spiro atoms. The molecule has 1 atom stereocenters. The van der Waals surface area contributed by atoms with Gasteiger partial charge in [-0.1, -0.05) is 13.3 Å². The predicted octanol–water partition coefficient (Wildman–Crippen LogP) is 1.97. The topological polar surface area (TPSA) is 44.8 Å². The number of rotatable bonds is 6. The van der Waals surface area contributed by atoms with Crippen molar-refractivity contribution in [2.75, 3.05) is 20.3 Å². The van der Waals surface area contributed by atoms with Gasteiger partial charge in [-0.15, -0.1) is 0 Å². The number of hydrogen-bond acceptors (Lipinski definition) is 4. The molecule has 4 nitrogen and oxygen atoms in total. The molecular weight excluding hydrogens is 172 g/mol. The zero-order valence-corrected chi connectivity index (χ0v) is 8.54. The van der Waals surface area contributed by atoms with Crippen molar-refractivity contribution in [3.05, 3.63) is 0 Å². The number of hydrogen-bond donors (Lipinski definition) is 0. The quantitative estimate of drug-likeness (QED) is 0.474. The van der Waals surface area contributed by atoms with Gasteiger partial charge in [0.2, 0.25) is 0 Å². The molecule has 0 radical (unpaired) electrons. The molecule has 0 aliphatic rings. The van der Waals surface area contributed by atoms with Crippen LogP contribution in [0.4, 0.5) is 4.79 Å². The Balaban J connectivity index is 3.38. The van der Waals surface area contributed by atoms with E-state index in [-0.39, 0.29) is 6.10 Å². The molecule has 78 valence electrons. The summed E-state index contributed by atoms with van der Waals surface area (Å²) in [5, 5.41) is 0. The van der Waals surface area contributed by atoms with Crippen molar-refractivity contribution in [1.82, 2.24) is 0 Å². The van der Waals surface area contributed by atoms with Crippen LogP contribution in [0.2, 0.25) is 0 Å². The smallest absolute Gasteiger partial charge is 0.434 e. The van der Waals surface area contributed by atoms with Gasteiger partial charge in [-0.3, -0.25) is 0 Å². The normalized spacial score (nSPS) is 12.2. The lowest BCUT2D eigenvalue weighted by Crippen LogP contribution is -2.20. The van der Waals surface area contributed by atoms with E-state index in [0.29, 0.717) is 13.2 Å². The second-order valence-electron chi connectivity index (χ2n) is 2.84. The minimum Gasteiger partial charge on any atom is -0.434 e. The van der Waals surface area contributed by atoms with E-state index in [2.05, 4.69) is 0 Å². The highest BCUT2D eigenvalue weighted by Crippen LogP contribution is 1.96. The van der Waals surface area contributed by atoms with Crippen LogP contribution in [0.15, 0.2) is 0 Å². The van der Waals surface area contributed by atoms with E-state index in [4.69, 9.17) is 14.2 Å². The third-order valence-electron chi connectivity index (χ3n) is 1.42. The fraction of sp³-hybridized carbons (Fsp3) is 0.889. The lowest BCUT2D eigenvalue weighted by Gasteiger charge is -2.11. The first-order valence-corrected chi connectivity index (χ1v) is 4.53. The zero-order chi connectivity index (χ0) is 10.1. The van der Waals surface area contributed by atoms with Gasteiger partial charge >= 0.3 is 6.16 Å². The third-order valence-corrected chi connectivity index (χ3v) is 1.42. The molecule has 0 saturated carbocycles. The first-order chi connectivity index (χ1) is 6.20. The number of methoxy groups -OCH3 is 1. The molecule has 0 aromatic carbocycles. The number of carbonyl (C=O) groups is 1. The first kappa shape index (κ1) is 12.2. The van der Waals surface area contributed by atoms with Crippen molar-refractivity contribution in [3.8, 4) is 0 Å². The maximum atomic E-state index is 10.9.